The molecule has 1 heterocycles. The van der Waals surface area contributed by atoms with Crippen molar-refractivity contribution >= 4 is 17.7 Å². The van der Waals surface area contributed by atoms with Crippen LogP contribution in [0.2, 0.25) is 0 Å². The van der Waals surface area contributed by atoms with E-state index >= 15 is 0 Å². The largest absolute Gasteiger partial charge is 0.356 e. The smallest absolute Gasteiger partial charge is 0.220 e. The summed E-state index contributed by atoms with van der Waals surface area (Å²) >= 11 is 1.82. The number of nitrogens with zero attached hydrogens (tertiary/aromatic N) is 2. The Kier molecular flexibility index (Phi) is 9.19. The van der Waals surface area contributed by atoms with E-state index in [2.05, 4.69) is 92.2 Å². The molecule has 4 nitrogen and oxygen atoms in total. The zero-order valence-corrected chi connectivity index (χ0v) is 21.3. The maximum atomic E-state index is 12.0. The van der Waals surface area contributed by atoms with Crippen LogP contribution >= 0.6 is 11.8 Å². The minimum Gasteiger partial charge on any atom is -0.356 e. The molecule has 176 valence electrons. The fourth-order valence-electron chi connectivity index (χ4n) is 3.82. The van der Waals surface area contributed by atoms with E-state index in [1.807, 2.05) is 17.8 Å². The average Bonchev–Trinajstić information content (AvgIpc) is 3.14. The van der Waals surface area contributed by atoms with Crippen molar-refractivity contribution in [3.8, 4) is 22.5 Å². The molecule has 0 aliphatic heterocycles. The number of carbonyl (C=O) groups is 1. The van der Waals surface area contributed by atoms with E-state index in [4.69, 9.17) is 4.98 Å². The van der Waals surface area contributed by atoms with Crippen LogP contribution in [0.25, 0.3) is 22.5 Å². The number of nitrogens with one attached hydrogen (secondary N) is 1. The molecule has 0 bridgehead atoms. The van der Waals surface area contributed by atoms with E-state index in [1.165, 1.54) is 11.3 Å². The number of thioether (sulfide) groups is 1. The lowest BCUT2D eigenvalue weighted by atomic mass is 9.92. The van der Waals surface area contributed by atoms with Gasteiger partial charge in [0.2, 0.25) is 5.91 Å². The number of imidazole rings is 1. The molecule has 1 aromatic heterocycles. The van der Waals surface area contributed by atoms with Gasteiger partial charge in [-0.1, -0.05) is 100 Å². The maximum absolute atomic E-state index is 12.0. The first-order valence-electron chi connectivity index (χ1n) is 12.0. The van der Waals surface area contributed by atoms with Gasteiger partial charge in [-0.25, -0.2) is 4.98 Å². The van der Waals surface area contributed by atoms with E-state index in [0.29, 0.717) is 6.42 Å². The molecule has 3 rings (SSSR count). The van der Waals surface area contributed by atoms with Crippen molar-refractivity contribution in [2.75, 3.05) is 12.3 Å². The highest BCUT2D eigenvalue weighted by Crippen LogP contribution is 2.36. The van der Waals surface area contributed by atoms with Crippen LogP contribution in [-0.4, -0.2) is 27.8 Å². The van der Waals surface area contributed by atoms with Crippen molar-refractivity contribution in [1.82, 2.24) is 14.9 Å². The third-order valence-corrected chi connectivity index (χ3v) is 6.35. The van der Waals surface area contributed by atoms with Crippen molar-refractivity contribution < 1.29 is 4.79 Å². The molecule has 0 saturated carbocycles. The molecule has 33 heavy (non-hydrogen) atoms. The van der Waals surface area contributed by atoms with Gasteiger partial charge in [-0.3, -0.25) is 4.79 Å². The monoisotopic (exact) mass is 463 g/mol. The van der Waals surface area contributed by atoms with Gasteiger partial charge in [0.25, 0.3) is 0 Å². The summed E-state index contributed by atoms with van der Waals surface area (Å²) in [7, 11) is 0. The Morgan fingerprint density at radius 1 is 0.970 bits per heavy atom. The van der Waals surface area contributed by atoms with E-state index < -0.39 is 0 Å². The van der Waals surface area contributed by atoms with Crippen LogP contribution in [-0.2, 0) is 11.3 Å². The average molecular weight is 464 g/mol. The number of benzene rings is 2. The van der Waals surface area contributed by atoms with Crippen molar-refractivity contribution in [3.05, 3.63) is 60.7 Å². The third-order valence-electron chi connectivity index (χ3n) is 5.29. The number of unbranched alkanes of at least 4 members (excludes halogenated alkanes) is 1. The molecule has 0 spiro atoms. The van der Waals surface area contributed by atoms with Crippen LogP contribution in [0.4, 0.5) is 0 Å². The molecule has 5 heteroatoms. The Bertz CT molecular complexity index is 1010. The summed E-state index contributed by atoms with van der Waals surface area (Å²) in [5.74, 6) is 1.13. The van der Waals surface area contributed by atoms with Crippen LogP contribution in [0.5, 0.6) is 0 Å². The van der Waals surface area contributed by atoms with Gasteiger partial charge in [0.15, 0.2) is 5.16 Å². The lowest BCUT2D eigenvalue weighted by Gasteiger charge is -2.17. The molecule has 0 fully saturated rings. The summed E-state index contributed by atoms with van der Waals surface area (Å²) in [4.78, 5) is 17.1. The Balaban J connectivity index is 1.70. The molecule has 0 radical (unpaired) electrons. The minimum atomic E-state index is 0.0310. The molecule has 0 unspecified atom stereocenters. The van der Waals surface area contributed by atoms with Gasteiger partial charge in [-0.15, -0.1) is 0 Å². The second kappa shape index (κ2) is 12.1. The van der Waals surface area contributed by atoms with E-state index in [0.717, 1.165) is 54.5 Å². The molecule has 0 saturated heterocycles. The Labute approximate surface area is 203 Å². The predicted octanol–water partition coefficient (Wildman–Crippen LogP) is 7.05. The van der Waals surface area contributed by atoms with Gasteiger partial charge < -0.3 is 9.88 Å². The number of hydrogen-bond donors (Lipinski definition) is 1. The molecule has 1 N–H and O–H groups in total. The van der Waals surface area contributed by atoms with Gasteiger partial charge >= 0.3 is 0 Å². The highest BCUT2D eigenvalue weighted by atomic mass is 32.2. The van der Waals surface area contributed by atoms with Gasteiger partial charge in [-0.2, -0.15) is 0 Å². The highest BCUT2D eigenvalue weighted by Gasteiger charge is 2.20. The molecular formula is C28H37N3OS. The number of hydrogen-bond acceptors (Lipinski definition) is 3. The van der Waals surface area contributed by atoms with E-state index in [1.54, 1.807) is 0 Å². The first-order chi connectivity index (χ1) is 15.9. The van der Waals surface area contributed by atoms with Gasteiger partial charge in [0.1, 0.15) is 0 Å². The number of aromatic nitrogens is 2. The highest BCUT2D eigenvalue weighted by molar-refractivity contribution is 7.99. The normalized spacial score (nSPS) is 11.5. The van der Waals surface area contributed by atoms with E-state index in [9.17, 15) is 4.79 Å². The minimum absolute atomic E-state index is 0.0310. The molecule has 3 aromatic rings. The number of rotatable bonds is 11. The lowest BCUT2D eigenvalue weighted by molar-refractivity contribution is -0.122. The van der Waals surface area contributed by atoms with Gasteiger partial charge in [0.05, 0.1) is 11.4 Å². The predicted molar refractivity (Wildman–Crippen MR) is 140 cm³/mol. The van der Waals surface area contributed by atoms with Crippen molar-refractivity contribution in [2.24, 2.45) is 5.41 Å². The van der Waals surface area contributed by atoms with Crippen molar-refractivity contribution in [3.63, 3.8) is 0 Å². The topological polar surface area (TPSA) is 46.9 Å². The van der Waals surface area contributed by atoms with E-state index in [-0.39, 0.29) is 11.3 Å². The zero-order chi connectivity index (χ0) is 23.7. The number of carbonyl (C=O) groups excluding carboxylic acids is 1. The Hall–Kier alpha value is -2.53. The number of amides is 1. The summed E-state index contributed by atoms with van der Waals surface area (Å²) in [5.41, 5.74) is 4.62. The Morgan fingerprint density at radius 2 is 1.61 bits per heavy atom. The summed E-state index contributed by atoms with van der Waals surface area (Å²) in [6.07, 6.45) is 3.65. The first-order valence-corrected chi connectivity index (χ1v) is 13.0. The molecule has 1 amide bonds. The van der Waals surface area contributed by atoms with Crippen LogP contribution in [0.1, 0.15) is 53.4 Å². The molecular weight excluding hydrogens is 426 g/mol. The van der Waals surface area contributed by atoms with Crippen LogP contribution in [0, 0.1) is 5.41 Å². The molecule has 0 aliphatic rings. The second-order valence-corrected chi connectivity index (χ2v) is 10.7. The van der Waals surface area contributed by atoms with Crippen LogP contribution < -0.4 is 5.32 Å². The molecule has 2 aromatic carbocycles. The fourth-order valence-corrected chi connectivity index (χ4v) is 4.85. The molecule has 0 atom stereocenters. The second-order valence-electron chi connectivity index (χ2n) is 9.62. The lowest BCUT2D eigenvalue weighted by Crippen LogP contribution is -2.28. The van der Waals surface area contributed by atoms with Crippen LogP contribution in [0.3, 0.4) is 0 Å². The summed E-state index contributed by atoms with van der Waals surface area (Å²) in [6, 6.07) is 21.1. The summed E-state index contributed by atoms with van der Waals surface area (Å²) in [5, 5.41) is 4.13. The first kappa shape index (κ1) is 25.1. The van der Waals surface area contributed by atoms with Crippen LogP contribution in [0.15, 0.2) is 65.8 Å². The maximum Gasteiger partial charge on any atom is 0.220 e. The molecule has 0 aliphatic carbocycles. The fraction of sp³-hybridized carbons (Fsp3) is 0.429. The standard InChI is InChI=1S/C28H37N3OS/c1-5-19-31-26(23-16-10-7-11-17-23)25(22-14-8-6-9-15-22)30-27(31)33-20-13-12-18-29-24(32)21-28(2,3)4/h6-11,14-17H,5,12-13,18-21H2,1-4H3,(H,29,32). The SMILES string of the molecule is CCCn1c(SCCCCNC(=O)CC(C)(C)C)nc(-c2ccccc2)c1-c1ccccc1. The quantitative estimate of drug-likeness (QED) is 0.245. The zero-order valence-electron chi connectivity index (χ0n) is 20.4. The van der Waals surface area contributed by atoms with Gasteiger partial charge in [0, 0.05) is 36.4 Å². The van der Waals surface area contributed by atoms with Crippen molar-refractivity contribution in [1.29, 1.82) is 0 Å². The summed E-state index contributed by atoms with van der Waals surface area (Å²) < 4.78 is 2.38. The third kappa shape index (κ3) is 7.50. The van der Waals surface area contributed by atoms with Gasteiger partial charge in [-0.05, 0) is 24.7 Å². The van der Waals surface area contributed by atoms with Crippen molar-refractivity contribution in [2.45, 2.75) is 65.1 Å². The Morgan fingerprint density at radius 3 is 2.21 bits per heavy atom. The summed E-state index contributed by atoms with van der Waals surface area (Å²) in [6.45, 7) is 10.2.